The number of nitrogens with one attached hydrogen (secondary N) is 1. The average molecular weight is 357 g/mol. The number of rotatable bonds is 5. The first-order valence-electron chi connectivity index (χ1n) is 7.60. The summed E-state index contributed by atoms with van der Waals surface area (Å²) in [5.74, 6) is -0.0458. The van der Waals surface area contributed by atoms with E-state index in [0.717, 1.165) is 22.9 Å². The lowest BCUT2D eigenvalue weighted by Gasteiger charge is -2.03. The van der Waals surface area contributed by atoms with Crippen molar-refractivity contribution in [3.8, 4) is 11.5 Å². The first kappa shape index (κ1) is 17.2. The van der Waals surface area contributed by atoms with Crippen LogP contribution < -0.4 is 5.32 Å². The highest BCUT2D eigenvalue weighted by Gasteiger charge is 2.12. The lowest BCUT2D eigenvalue weighted by Crippen LogP contribution is -2.13. The van der Waals surface area contributed by atoms with Gasteiger partial charge in [0, 0.05) is 11.3 Å². The third-order valence-corrected chi connectivity index (χ3v) is 4.43. The van der Waals surface area contributed by atoms with Crippen LogP contribution in [-0.4, -0.2) is 21.9 Å². The van der Waals surface area contributed by atoms with Crippen molar-refractivity contribution < 1.29 is 13.6 Å². The number of thioether (sulfide) groups is 1. The fourth-order valence-corrected chi connectivity index (χ4v) is 2.68. The van der Waals surface area contributed by atoms with Gasteiger partial charge in [-0.05, 0) is 61.4 Å². The van der Waals surface area contributed by atoms with Crippen molar-refractivity contribution in [1.29, 1.82) is 0 Å². The lowest BCUT2D eigenvalue weighted by molar-refractivity contribution is -0.113. The van der Waals surface area contributed by atoms with Gasteiger partial charge in [0.05, 0.1) is 5.75 Å². The van der Waals surface area contributed by atoms with E-state index in [1.165, 1.54) is 29.8 Å². The summed E-state index contributed by atoms with van der Waals surface area (Å²) in [6.45, 7) is 4.05. The molecular weight excluding hydrogens is 341 g/mol. The highest BCUT2D eigenvalue weighted by Crippen LogP contribution is 2.25. The van der Waals surface area contributed by atoms with Crippen LogP contribution in [0.5, 0.6) is 0 Å². The topological polar surface area (TPSA) is 68.0 Å². The van der Waals surface area contributed by atoms with Gasteiger partial charge in [0.1, 0.15) is 5.82 Å². The van der Waals surface area contributed by atoms with Crippen LogP contribution in [0.1, 0.15) is 11.1 Å². The highest BCUT2D eigenvalue weighted by atomic mass is 32.2. The molecule has 0 aliphatic rings. The molecular formula is C18H16FN3O2S. The second kappa shape index (κ2) is 7.48. The fourth-order valence-electron chi connectivity index (χ4n) is 2.12. The van der Waals surface area contributed by atoms with E-state index in [4.69, 9.17) is 4.42 Å². The smallest absolute Gasteiger partial charge is 0.277 e. The van der Waals surface area contributed by atoms with Gasteiger partial charge in [-0.2, -0.15) is 0 Å². The number of benzene rings is 2. The van der Waals surface area contributed by atoms with Crippen LogP contribution in [0.4, 0.5) is 10.1 Å². The Hall–Kier alpha value is -2.67. The summed E-state index contributed by atoms with van der Waals surface area (Å²) in [7, 11) is 0. The minimum Gasteiger partial charge on any atom is -0.411 e. The van der Waals surface area contributed by atoms with E-state index in [0.29, 0.717) is 16.8 Å². The van der Waals surface area contributed by atoms with Crippen LogP contribution in [-0.2, 0) is 4.79 Å². The molecule has 2 aromatic carbocycles. The van der Waals surface area contributed by atoms with E-state index in [1.54, 1.807) is 0 Å². The second-order valence-electron chi connectivity index (χ2n) is 5.52. The molecule has 0 radical (unpaired) electrons. The first-order chi connectivity index (χ1) is 12.0. The van der Waals surface area contributed by atoms with Crippen molar-refractivity contribution in [3.63, 3.8) is 0 Å². The summed E-state index contributed by atoms with van der Waals surface area (Å²) >= 11 is 1.15. The molecule has 0 atom stereocenters. The Morgan fingerprint density at radius 2 is 1.88 bits per heavy atom. The molecule has 1 heterocycles. The molecule has 3 aromatic rings. The van der Waals surface area contributed by atoms with Gasteiger partial charge in [0.25, 0.3) is 5.22 Å². The van der Waals surface area contributed by atoms with E-state index in [1.807, 2.05) is 32.0 Å². The standard InChI is InChI=1S/C18H16FN3O2S/c1-11-3-4-13(9-12(11)2)17-21-22-18(24-17)25-10-16(23)20-15-7-5-14(19)6-8-15/h3-9H,10H2,1-2H3,(H,20,23). The Bertz CT molecular complexity index is 894. The van der Waals surface area contributed by atoms with Gasteiger partial charge in [-0.25, -0.2) is 4.39 Å². The summed E-state index contributed by atoms with van der Waals surface area (Å²) < 4.78 is 18.4. The summed E-state index contributed by atoms with van der Waals surface area (Å²) in [6, 6.07) is 11.5. The molecule has 0 spiro atoms. The summed E-state index contributed by atoms with van der Waals surface area (Å²) in [6.07, 6.45) is 0. The molecule has 25 heavy (non-hydrogen) atoms. The van der Waals surface area contributed by atoms with Gasteiger partial charge in [-0.3, -0.25) is 4.79 Å². The number of hydrogen-bond donors (Lipinski definition) is 1. The quantitative estimate of drug-likeness (QED) is 0.692. The first-order valence-corrected chi connectivity index (χ1v) is 8.59. The fraction of sp³-hybridized carbons (Fsp3) is 0.167. The molecule has 1 amide bonds. The van der Waals surface area contributed by atoms with Gasteiger partial charge < -0.3 is 9.73 Å². The Morgan fingerprint density at radius 3 is 2.60 bits per heavy atom. The van der Waals surface area contributed by atoms with Crippen molar-refractivity contribution in [3.05, 3.63) is 59.4 Å². The maximum Gasteiger partial charge on any atom is 0.277 e. The zero-order valence-corrected chi connectivity index (χ0v) is 14.6. The number of aryl methyl sites for hydroxylation is 2. The van der Waals surface area contributed by atoms with E-state index in [9.17, 15) is 9.18 Å². The maximum absolute atomic E-state index is 12.8. The largest absolute Gasteiger partial charge is 0.411 e. The predicted octanol–water partition coefficient (Wildman–Crippen LogP) is 4.22. The van der Waals surface area contributed by atoms with E-state index < -0.39 is 0 Å². The molecule has 5 nitrogen and oxygen atoms in total. The van der Waals surface area contributed by atoms with Crippen molar-refractivity contribution in [2.75, 3.05) is 11.1 Å². The van der Waals surface area contributed by atoms with Gasteiger partial charge in [0.15, 0.2) is 0 Å². The Morgan fingerprint density at radius 1 is 1.12 bits per heavy atom. The molecule has 0 aliphatic carbocycles. The van der Waals surface area contributed by atoms with Crippen LogP contribution in [0.3, 0.4) is 0 Å². The Labute approximate surface area is 148 Å². The zero-order chi connectivity index (χ0) is 17.8. The molecule has 0 aliphatic heterocycles. The third kappa shape index (κ3) is 4.45. The Kier molecular flexibility index (Phi) is 5.14. The van der Waals surface area contributed by atoms with E-state index in [-0.39, 0.29) is 17.5 Å². The number of carbonyl (C=O) groups is 1. The van der Waals surface area contributed by atoms with Crippen molar-refractivity contribution in [2.45, 2.75) is 19.1 Å². The second-order valence-corrected chi connectivity index (χ2v) is 6.44. The number of halogens is 1. The summed E-state index contributed by atoms with van der Waals surface area (Å²) in [5.41, 5.74) is 3.71. The molecule has 0 saturated carbocycles. The number of anilines is 1. The predicted molar refractivity (Wildman–Crippen MR) is 95.0 cm³/mol. The molecule has 1 aromatic heterocycles. The van der Waals surface area contributed by atoms with E-state index >= 15 is 0 Å². The van der Waals surface area contributed by atoms with Crippen molar-refractivity contribution in [1.82, 2.24) is 10.2 Å². The Balaban J connectivity index is 1.58. The molecule has 3 rings (SSSR count). The van der Waals surface area contributed by atoms with Crippen LogP contribution in [0.25, 0.3) is 11.5 Å². The monoisotopic (exact) mass is 357 g/mol. The molecule has 128 valence electrons. The summed E-state index contributed by atoms with van der Waals surface area (Å²) in [4.78, 5) is 11.9. The van der Waals surface area contributed by atoms with E-state index in [2.05, 4.69) is 15.5 Å². The molecule has 1 N–H and O–H groups in total. The zero-order valence-electron chi connectivity index (χ0n) is 13.7. The SMILES string of the molecule is Cc1ccc(-c2nnc(SCC(=O)Nc3ccc(F)cc3)o2)cc1C. The van der Waals surface area contributed by atoms with Gasteiger partial charge >= 0.3 is 0 Å². The number of nitrogens with zero attached hydrogens (tertiary/aromatic N) is 2. The maximum atomic E-state index is 12.8. The van der Waals surface area contributed by atoms with Crippen molar-refractivity contribution in [2.24, 2.45) is 0 Å². The number of aromatic nitrogens is 2. The summed E-state index contributed by atoms with van der Waals surface area (Å²) in [5, 5.41) is 11.0. The molecule has 0 bridgehead atoms. The number of carbonyl (C=O) groups excluding carboxylic acids is 1. The molecule has 0 saturated heterocycles. The normalized spacial score (nSPS) is 10.7. The molecule has 0 fully saturated rings. The third-order valence-electron chi connectivity index (χ3n) is 3.62. The highest BCUT2D eigenvalue weighted by molar-refractivity contribution is 7.99. The minimum absolute atomic E-state index is 0.117. The van der Waals surface area contributed by atoms with Crippen LogP contribution in [0.15, 0.2) is 52.1 Å². The van der Waals surface area contributed by atoms with Crippen molar-refractivity contribution >= 4 is 23.4 Å². The average Bonchev–Trinajstić information content (AvgIpc) is 3.07. The van der Waals surface area contributed by atoms with Crippen LogP contribution >= 0.6 is 11.8 Å². The van der Waals surface area contributed by atoms with Gasteiger partial charge in [-0.1, -0.05) is 17.8 Å². The minimum atomic E-state index is -0.350. The molecule has 7 heteroatoms. The van der Waals surface area contributed by atoms with Gasteiger partial charge in [0.2, 0.25) is 11.8 Å². The van der Waals surface area contributed by atoms with Gasteiger partial charge in [-0.15, -0.1) is 10.2 Å². The van der Waals surface area contributed by atoms with Crippen LogP contribution in [0, 0.1) is 19.7 Å². The number of amides is 1. The van der Waals surface area contributed by atoms with Crippen LogP contribution in [0.2, 0.25) is 0 Å². The lowest BCUT2D eigenvalue weighted by atomic mass is 10.1. The number of hydrogen-bond acceptors (Lipinski definition) is 5. The molecule has 0 unspecified atom stereocenters.